The lowest BCUT2D eigenvalue weighted by Crippen LogP contribution is -2.47. The summed E-state index contributed by atoms with van der Waals surface area (Å²) in [5.74, 6) is 6.37. The van der Waals surface area contributed by atoms with Gasteiger partial charge in [-0.3, -0.25) is 5.43 Å². The van der Waals surface area contributed by atoms with E-state index >= 15 is 0 Å². The van der Waals surface area contributed by atoms with Gasteiger partial charge in [-0.1, -0.05) is 95.9 Å². The minimum atomic E-state index is 0.918. The Bertz CT molecular complexity index is 581. The number of unbranched alkanes of at least 4 members (excludes halogenated alkanes) is 9. The van der Waals surface area contributed by atoms with Gasteiger partial charge in [0.2, 0.25) is 0 Å². The molecule has 0 unspecified atom stereocenters. The van der Waals surface area contributed by atoms with Crippen molar-refractivity contribution >= 4 is 5.70 Å². The molecule has 1 aliphatic rings. The number of aryl methyl sites for hydroxylation is 1. The number of nitrogens with two attached hydrogens (primary N) is 1. The summed E-state index contributed by atoms with van der Waals surface area (Å²) in [5, 5.41) is 3.89. The Balaban J connectivity index is 1.69. The van der Waals surface area contributed by atoms with Crippen molar-refractivity contribution in [2.45, 2.75) is 91.4 Å². The van der Waals surface area contributed by atoms with Gasteiger partial charge in [-0.2, -0.15) is 0 Å². The SMILES string of the molecule is CCCCCCCCCCCCN1NC(c2ccccc2C)=C(CC)N1N. The third kappa shape index (κ3) is 6.54. The average Bonchev–Trinajstić information content (AvgIpc) is 2.99. The molecule has 4 nitrogen and oxygen atoms in total. The maximum atomic E-state index is 6.37. The molecule has 1 aliphatic heterocycles. The molecule has 152 valence electrons. The molecule has 4 heteroatoms. The molecule has 1 aromatic rings. The van der Waals surface area contributed by atoms with Crippen LogP contribution in [0.3, 0.4) is 0 Å². The van der Waals surface area contributed by atoms with E-state index in [4.69, 9.17) is 5.84 Å². The second kappa shape index (κ2) is 12.0. The molecule has 1 heterocycles. The van der Waals surface area contributed by atoms with E-state index in [1.54, 1.807) is 0 Å². The van der Waals surface area contributed by atoms with Gasteiger partial charge in [0, 0.05) is 12.1 Å². The predicted molar refractivity (Wildman–Crippen MR) is 116 cm³/mol. The summed E-state index contributed by atoms with van der Waals surface area (Å²) in [5.41, 5.74) is 8.39. The number of nitrogens with one attached hydrogen (secondary N) is 1. The lowest BCUT2D eigenvalue weighted by atomic mass is 10.0. The first kappa shape index (κ1) is 21.8. The third-order valence-electron chi connectivity index (χ3n) is 5.54. The first-order chi connectivity index (χ1) is 13.2. The summed E-state index contributed by atoms with van der Waals surface area (Å²) in [6.45, 7) is 7.55. The Hall–Kier alpha value is -1.52. The largest absolute Gasteiger partial charge is 0.298 e. The van der Waals surface area contributed by atoms with Gasteiger partial charge in [-0.05, 0) is 25.3 Å². The van der Waals surface area contributed by atoms with Crippen molar-refractivity contribution in [1.82, 2.24) is 15.7 Å². The van der Waals surface area contributed by atoms with Gasteiger partial charge in [-0.15, -0.1) is 5.12 Å². The first-order valence-electron chi connectivity index (χ1n) is 11.1. The van der Waals surface area contributed by atoms with Crippen molar-refractivity contribution < 1.29 is 0 Å². The number of hydrazine groups is 3. The Morgan fingerprint density at radius 3 is 2.04 bits per heavy atom. The number of rotatable bonds is 13. The van der Waals surface area contributed by atoms with E-state index in [-0.39, 0.29) is 0 Å². The van der Waals surface area contributed by atoms with Crippen molar-refractivity contribution in [1.29, 1.82) is 0 Å². The molecule has 0 radical (unpaired) electrons. The summed E-state index contributed by atoms with van der Waals surface area (Å²) in [6, 6.07) is 8.51. The van der Waals surface area contributed by atoms with Gasteiger partial charge >= 0.3 is 0 Å². The number of hydrogen-bond donors (Lipinski definition) is 2. The summed E-state index contributed by atoms with van der Waals surface area (Å²) >= 11 is 0. The smallest absolute Gasteiger partial charge is 0.0806 e. The van der Waals surface area contributed by atoms with Crippen molar-refractivity contribution in [3.63, 3.8) is 0 Å². The van der Waals surface area contributed by atoms with Gasteiger partial charge < -0.3 is 0 Å². The molecule has 0 atom stereocenters. The van der Waals surface area contributed by atoms with Crippen LogP contribution in [-0.4, -0.2) is 16.8 Å². The molecule has 0 amide bonds. The van der Waals surface area contributed by atoms with E-state index in [0.717, 1.165) is 24.4 Å². The molecule has 2 rings (SSSR count). The van der Waals surface area contributed by atoms with E-state index in [0.29, 0.717) is 0 Å². The zero-order chi connectivity index (χ0) is 19.5. The topological polar surface area (TPSA) is 44.5 Å². The molecular weight excluding hydrogens is 332 g/mol. The highest BCUT2D eigenvalue weighted by Gasteiger charge is 2.27. The molecular formula is C23H40N4. The summed E-state index contributed by atoms with van der Waals surface area (Å²) in [7, 11) is 0. The minimum Gasteiger partial charge on any atom is -0.298 e. The maximum absolute atomic E-state index is 6.37. The van der Waals surface area contributed by atoms with E-state index in [1.807, 2.05) is 5.12 Å². The molecule has 0 spiro atoms. The van der Waals surface area contributed by atoms with Crippen LogP contribution in [0.15, 0.2) is 30.0 Å². The fraction of sp³-hybridized carbons (Fsp3) is 0.652. The van der Waals surface area contributed by atoms with Crippen LogP contribution in [0.1, 0.15) is 95.6 Å². The maximum Gasteiger partial charge on any atom is 0.0806 e. The van der Waals surface area contributed by atoms with Gasteiger partial charge in [-0.25, -0.2) is 11.0 Å². The highest BCUT2D eigenvalue weighted by Crippen LogP contribution is 2.28. The Morgan fingerprint density at radius 1 is 0.852 bits per heavy atom. The van der Waals surface area contributed by atoms with E-state index in [1.165, 1.54) is 75.3 Å². The second-order valence-electron chi connectivity index (χ2n) is 7.75. The average molecular weight is 373 g/mol. The van der Waals surface area contributed by atoms with Crippen molar-refractivity contribution in [2.24, 2.45) is 5.84 Å². The van der Waals surface area contributed by atoms with Crippen LogP contribution in [0.25, 0.3) is 5.70 Å². The number of allylic oxidation sites excluding steroid dienone is 1. The van der Waals surface area contributed by atoms with Crippen molar-refractivity contribution in [3.05, 3.63) is 41.1 Å². The highest BCUT2D eigenvalue weighted by atomic mass is 15.9. The lowest BCUT2D eigenvalue weighted by molar-refractivity contribution is -0.00629. The fourth-order valence-electron chi connectivity index (χ4n) is 3.83. The Morgan fingerprint density at radius 2 is 1.44 bits per heavy atom. The van der Waals surface area contributed by atoms with Crippen LogP contribution in [0, 0.1) is 6.92 Å². The molecule has 27 heavy (non-hydrogen) atoms. The van der Waals surface area contributed by atoms with Gasteiger partial charge in [0.15, 0.2) is 0 Å². The van der Waals surface area contributed by atoms with Crippen LogP contribution in [-0.2, 0) is 0 Å². The van der Waals surface area contributed by atoms with Gasteiger partial charge in [0.1, 0.15) is 0 Å². The van der Waals surface area contributed by atoms with Crippen LogP contribution in [0.4, 0.5) is 0 Å². The second-order valence-corrected chi connectivity index (χ2v) is 7.75. The molecule has 0 saturated heterocycles. The molecule has 3 N–H and O–H groups in total. The Kier molecular flexibility index (Phi) is 9.71. The summed E-state index contributed by atoms with van der Waals surface area (Å²) in [4.78, 5) is 0. The molecule has 0 aromatic heterocycles. The normalized spacial score (nSPS) is 14.9. The van der Waals surface area contributed by atoms with Crippen LogP contribution >= 0.6 is 0 Å². The van der Waals surface area contributed by atoms with Crippen LogP contribution < -0.4 is 11.3 Å². The molecule has 0 fully saturated rings. The minimum absolute atomic E-state index is 0.918. The molecule has 0 bridgehead atoms. The van der Waals surface area contributed by atoms with E-state index in [2.05, 4.69) is 55.6 Å². The summed E-state index contributed by atoms with van der Waals surface area (Å²) < 4.78 is 0. The molecule has 0 aliphatic carbocycles. The number of hydrogen-bond acceptors (Lipinski definition) is 4. The monoisotopic (exact) mass is 372 g/mol. The van der Waals surface area contributed by atoms with Gasteiger partial charge in [0.25, 0.3) is 0 Å². The zero-order valence-electron chi connectivity index (χ0n) is 17.8. The standard InChI is InChI=1S/C23H40N4/c1-4-6-7-8-9-10-11-12-13-16-19-26-25-23(22(5-2)27(26)24)21-18-15-14-17-20(21)3/h14-15,17-18,25H,4-13,16,19,24H2,1-3H3. The predicted octanol–water partition coefficient (Wildman–Crippen LogP) is 5.91. The number of benzene rings is 1. The Labute approximate surface area is 166 Å². The quantitative estimate of drug-likeness (QED) is 0.334. The van der Waals surface area contributed by atoms with Crippen molar-refractivity contribution in [3.8, 4) is 0 Å². The van der Waals surface area contributed by atoms with E-state index in [9.17, 15) is 0 Å². The first-order valence-corrected chi connectivity index (χ1v) is 11.1. The zero-order valence-corrected chi connectivity index (χ0v) is 17.8. The molecule has 0 saturated carbocycles. The molecule has 1 aromatic carbocycles. The fourth-order valence-corrected chi connectivity index (χ4v) is 3.83. The van der Waals surface area contributed by atoms with Gasteiger partial charge in [0.05, 0.1) is 11.4 Å². The third-order valence-corrected chi connectivity index (χ3v) is 5.54. The van der Waals surface area contributed by atoms with E-state index < -0.39 is 0 Å². The van der Waals surface area contributed by atoms with Crippen LogP contribution in [0.5, 0.6) is 0 Å². The number of nitrogens with zero attached hydrogens (tertiary/aromatic N) is 2. The highest BCUT2D eigenvalue weighted by molar-refractivity contribution is 5.69. The van der Waals surface area contributed by atoms with Crippen molar-refractivity contribution in [2.75, 3.05) is 6.54 Å². The van der Waals surface area contributed by atoms with Crippen LogP contribution in [0.2, 0.25) is 0 Å². The summed E-state index contributed by atoms with van der Waals surface area (Å²) in [6.07, 6.45) is 14.5. The lowest BCUT2D eigenvalue weighted by Gasteiger charge is -2.26.